The van der Waals surface area contributed by atoms with Gasteiger partial charge in [-0.05, 0) is 59.9 Å². The van der Waals surface area contributed by atoms with Gasteiger partial charge in [0, 0.05) is 36.2 Å². The number of hydrogen-bond donors (Lipinski definition) is 0. The van der Waals surface area contributed by atoms with Crippen LogP contribution in [0.15, 0.2) is 83.0 Å². The molecule has 222 valence electrons. The third-order valence-corrected chi connectivity index (χ3v) is 7.59. The number of amidine groups is 1. The molecule has 2 amide bonds. The summed E-state index contributed by atoms with van der Waals surface area (Å²) in [6.07, 6.45) is -1.27. The molecule has 5 rings (SSSR count). The first-order valence-corrected chi connectivity index (χ1v) is 14.6. The molecule has 8 nitrogen and oxygen atoms in total. The van der Waals surface area contributed by atoms with Crippen molar-refractivity contribution in [1.29, 1.82) is 0 Å². The molecule has 0 radical (unpaired) electrons. The number of amides is 2. The van der Waals surface area contributed by atoms with E-state index in [1.54, 1.807) is 18.0 Å². The number of hydrogen-bond acceptors (Lipinski definition) is 5. The number of thioether (sulfide) groups is 1. The summed E-state index contributed by atoms with van der Waals surface area (Å²) in [5, 5.41) is 5.08. The van der Waals surface area contributed by atoms with E-state index in [0.717, 1.165) is 34.7 Å². The van der Waals surface area contributed by atoms with Crippen LogP contribution in [0.3, 0.4) is 0 Å². The number of halogens is 3. The van der Waals surface area contributed by atoms with E-state index in [2.05, 4.69) is 68.7 Å². The Hall–Kier alpha value is -4.45. The number of alkyl halides is 3. The smallest absolute Gasteiger partial charge is 0.406 e. The van der Waals surface area contributed by atoms with E-state index in [9.17, 15) is 18.0 Å². The second-order valence-electron chi connectivity index (χ2n) is 10.2. The molecule has 0 bridgehead atoms. The molecule has 4 aromatic rings. The molecule has 1 aliphatic heterocycles. The van der Waals surface area contributed by atoms with E-state index in [0.29, 0.717) is 29.0 Å². The molecule has 1 saturated heterocycles. The zero-order valence-corrected chi connectivity index (χ0v) is 24.6. The highest BCUT2D eigenvalue weighted by atomic mass is 32.2. The number of carbonyl (C=O) groups is 1. The summed E-state index contributed by atoms with van der Waals surface area (Å²) < 4.78 is 42.5. The van der Waals surface area contributed by atoms with Crippen molar-refractivity contribution in [2.75, 3.05) is 17.2 Å². The monoisotopic (exact) mass is 606 g/mol. The van der Waals surface area contributed by atoms with Crippen LogP contribution in [-0.4, -0.2) is 50.8 Å². The average Bonchev–Trinajstić information content (AvgIpc) is 3.63. The Morgan fingerprint density at radius 2 is 1.84 bits per heavy atom. The highest BCUT2D eigenvalue weighted by Crippen LogP contribution is 2.33. The normalized spacial score (nSPS) is 14.8. The molecule has 0 unspecified atom stereocenters. The fraction of sp³-hybridized carbons (Fsp3) is 0.258. The number of benzene rings is 3. The van der Waals surface area contributed by atoms with Crippen LogP contribution in [0.2, 0.25) is 0 Å². The molecule has 43 heavy (non-hydrogen) atoms. The number of rotatable bonds is 7. The lowest BCUT2D eigenvalue weighted by atomic mass is 9.99. The number of anilines is 1. The van der Waals surface area contributed by atoms with Crippen LogP contribution in [0.1, 0.15) is 36.5 Å². The maximum Gasteiger partial charge on any atom is 0.573 e. The van der Waals surface area contributed by atoms with Crippen molar-refractivity contribution in [2.45, 2.75) is 39.5 Å². The highest BCUT2D eigenvalue weighted by molar-refractivity contribution is 8.14. The van der Waals surface area contributed by atoms with Gasteiger partial charge in [0.1, 0.15) is 12.1 Å². The van der Waals surface area contributed by atoms with E-state index >= 15 is 0 Å². The molecule has 1 aliphatic rings. The van der Waals surface area contributed by atoms with Gasteiger partial charge in [0.05, 0.1) is 5.69 Å². The summed E-state index contributed by atoms with van der Waals surface area (Å²) in [5.74, 6) is 1.34. The fourth-order valence-corrected chi connectivity index (χ4v) is 5.49. The minimum absolute atomic E-state index is 0.313. The van der Waals surface area contributed by atoms with E-state index in [4.69, 9.17) is 0 Å². The van der Waals surface area contributed by atoms with Gasteiger partial charge in [0.15, 0.2) is 11.0 Å². The number of urea groups is 1. The van der Waals surface area contributed by atoms with Crippen LogP contribution in [0.4, 0.5) is 23.7 Å². The van der Waals surface area contributed by atoms with Gasteiger partial charge < -0.3 is 9.64 Å². The topological polar surface area (TPSA) is 85.0 Å². The Morgan fingerprint density at radius 3 is 2.53 bits per heavy atom. The molecule has 1 aromatic heterocycles. The maximum atomic E-state index is 12.6. The maximum absolute atomic E-state index is 12.6. The third-order valence-electron chi connectivity index (χ3n) is 6.63. The quantitative estimate of drug-likeness (QED) is 0.201. The first kappa shape index (κ1) is 30.0. The van der Waals surface area contributed by atoms with E-state index in [1.807, 2.05) is 24.3 Å². The highest BCUT2D eigenvalue weighted by Gasteiger charge is 2.31. The van der Waals surface area contributed by atoms with E-state index in [1.165, 1.54) is 40.8 Å². The van der Waals surface area contributed by atoms with Crippen molar-refractivity contribution < 1.29 is 22.7 Å². The lowest BCUT2D eigenvalue weighted by molar-refractivity contribution is -0.274. The standard InChI is InChI=1S/C31H29F3N6O2S/c1-20(2)26-13-4-21(3)18-27(26)39-16-17-43-30(39)37-29(41)35-15-14-22-5-7-23(8-6-22)28-36-19-40(38-28)24-9-11-25(12-10-24)42-31(32,33)34/h4-13,15,18-20H,14,16-17H2,1-3H3. The SMILES string of the molecule is Cc1ccc(C(C)C)c(N2CCSC2=NC(=O)N=CCc2ccc(-c3ncn(-c4ccc(OC(F)(F)F)cc4)n3)cc2)c1. The summed E-state index contributed by atoms with van der Waals surface area (Å²) in [6, 6.07) is 18.7. The summed E-state index contributed by atoms with van der Waals surface area (Å²) in [6.45, 7) is 7.15. The van der Waals surface area contributed by atoms with Crippen LogP contribution in [0.5, 0.6) is 5.75 Å². The fourth-order valence-electron chi connectivity index (χ4n) is 4.54. The van der Waals surface area contributed by atoms with E-state index < -0.39 is 12.4 Å². The number of aryl methyl sites for hydroxylation is 1. The lowest BCUT2D eigenvalue weighted by Crippen LogP contribution is -2.25. The summed E-state index contributed by atoms with van der Waals surface area (Å²) in [5.41, 5.74) is 5.69. The predicted octanol–water partition coefficient (Wildman–Crippen LogP) is 7.61. The first-order valence-electron chi connectivity index (χ1n) is 13.6. The lowest BCUT2D eigenvalue weighted by Gasteiger charge is -2.23. The van der Waals surface area contributed by atoms with Crippen molar-refractivity contribution in [3.63, 3.8) is 0 Å². The number of carbonyl (C=O) groups excluding carboxylic acids is 1. The van der Waals surface area contributed by atoms with E-state index in [-0.39, 0.29) is 5.75 Å². The molecule has 3 aromatic carbocycles. The number of aliphatic imine (C=N–C) groups is 2. The molecule has 0 spiro atoms. The zero-order valence-electron chi connectivity index (χ0n) is 23.7. The van der Waals surface area contributed by atoms with Gasteiger partial charge in [0.2, 0.25) is 0 Å². The molecule has 0 saturated carbocycles. The molecule has 0 aliphatic carbocycles. The molecule has 0 N–H and O–H groups in total. The molecule has 12 heteroatoms. The second-order valence-corrected chi connectivity index (χ2v) is 11.2. The van der Waals surface area contributed by atoms with Gasteiger partial charge in [-0.1, -0.05) is 62.0 Å². The Labute approximate surface area is 251 Å². The van der Waals surface area contributed by atoms with Gasteiger partial charge in [-0.25, -0.2) is 19.5 Å². The van der Waals surface area contributed by atoms with Crippen LogP contribution in [-0.2, 0) is 6.42 Å². The molecular formula is C31H29F3N6O2S. The third kappa shape index (κ3) is 7.69. The molecular weight excluding hydrogens is 577 g/mol. The second kappa shape index (κ2) is 12.8. The van der Waals surface area contributed by atoms with Crippen molar-refractivity contribution >= 4 is 34.9 Å². The predicted molar refractivity (Wildman–Crippen MR) is 164 cm³/mol. The van der Waals surface area contributed by atoms with Crippen molar-refractivity contribution in [1.82, 2.24) is 14.8 Å². The van der Waals surface area contributed by atoms with Crippen LogP contribution < -0.4 is 9.64 Å². The van der Waals surface area contributed by atoms with Crippen LogP contribution in [0.25, 0.3) is 17.1 Å². The summed E-state index contributed by atoms with van der Waals surface area (Å²) in [7, 11) is 0. The van der Waals surface area contributed by atoms with Gasteiger partial charge in [-0.2, -0.15) is 4.99 Å². The first-order chi connectivity index (χ1) is 20.6. The van der Waals surface area contributed by atoms with Crippen molar-refractivity contribution in [3.8, 4) is 22.8 Å². The molecule has 1 fully saturated rings. The summed E-state index contributed by atoms with van der Waals surface area (Å²) in [4.78, 5) is 27.3. The Balaban J connectivity index is 1.20. The Morgan fingerprint density at radius 1 is 1.09 bits per heavy atom. The van der Waals surface area contributed by atoms with Crippen molar-refractivity contribution in [3.05, 3.63) is 89.7 Å². The van der Waals surface area contributed by atoms with Gasteiger partial charge in [0.25, 0.3) is 0 Å². The summed E-state index contributed by atoms with van der Waals surface area (Å²) >= 11 is 1.55. The van der Waals surface area contributed by atoms with Gasteiger partial charge in [-0.3, -0.25) is 0 Å². The average molecular weight is 607 g/mol. The van der Waals surface area contributed by atoms with Gasteiger partial charge in [-0.15, -0.1) is 18.3 Å². The number of aromatic nitrogens is 3. The van der Waals surface area contributed by atoms with Gasteiger partial charge >= 0.3 is 12.4 Å². The zero-order chi connectivity index (χ0) is 30.6. The largest absolute Gasteiger partial charge is 0.573 e. The number of ether oxygens (including phenoxy) is 1. The Bertz CT molecular complexity index is 1650. The van der Waals surface area contributed by atoms with Crippen LogP contribution in [0, 0.1) is 6.92 Å². The minimum atomic E-state index is -4.75. The number of nitrogens with zero attached hydrogens (tertiary/aromatic N) is 6. The Kier molecular flexibility index (Phi) is 8.95. The van der Waals surface area contributed by atoms with Crippen LogP contribution >= 0.6 is 11.8 Å². The van der Waals surface area contributed by atoms with Crippen molar-refractivity contribution in [2.24, 2.45) is 9.98 Å². The molecule has 0 atom stereocenters. The molecule has 2 heterocycles. The minimum Gasteiger partial charge on any atom is -0.406 e.